The van der Waals surface area contributed by atoms with Gasteiger partial charge in [0.25, 0.3) is 0 Å². The molecule has 4 aromatic rings. The van der Waals surface area contributed by atoms with Gasteiger partial charge in [0.15, 0.2) is 0 Å². The van der Waals surface area contributed by atoms with Crippen LogP contribution in [0.2, 0.25) is 0 Å². The summed E-state index contributed by atoms with van der Waals surface area (Å²) in [4.78, 5) is 27.5. The van der Waals surface area contributed by atoms with Crippen LogP contribution in [0.15, 0.2) is 72.9 Å². The van der Waals surface area contributed by atoms with E-state index in [0.717, 1.165) is 23.8 Å². The van der Waals surface area contributed by atoms with Crippen LogP contribution in [0, 0.1) is 0 Å². The van der Waals surface area contributed by atoms with E-state index in [1.54, 1.807) is 10.8 Å². The monoisotopic (exact) mass is 509 g/mol. The van der Waals surface area contributed by atoms with E-state index >= 15 is 0 Å². The summed E-state index contributed by atoms with van der Waals surface area (Å²) in [6.45, 7) is 0.184. The summed E-state index contributed by atoms with van der Waals surface area (Å²) in [5.41, 5.74) is -2.85. The molecule has 4 nitrogen and oxygen atoms in total. The van der Waals surface area contributed by atoms with E-state index in [-0.39, 0.29) is 12.0 Å². The maximum atomic E-state index is 14.2. The summed E-state index contributed by atoms with van der Waals surface area (Å²) >= 11 is 0. The van der Waals surface area contributed by atoms with Crippen LogP contribution in [0.1, 0.15) is 27.8 Å². The van der Waals surface area contributed by atoms with Crippen molar-refractivity contribution in [3.05, 3.63) is 101 Å². The summed E-state index contributed by atoms with van der Waals surface area (Å²) < 4.78 is 70.4. The van der Waals surface area contributed by atoms with Gasteiger partial charge in [-0.25, -0.2) is 0 Å². The molecular formula is C24H22BF5NO3P. The summed E-state index contributed by atoms with van der Waals surface area (Å²) in [7, 11) is -4.41. The molecule has 3 N–H and O–H groups in total. The van der Waals surface area contributed by atoms with Crippen LogP contribution in [0.3, 0.4) is 0 Å². The number of benzene rings is 3. The zero-order valence-electron chi connectivity index (χ0n) is 18.5. The summed E-state index contributed by atoms with van der Waals surface area (Å²) in [6, 6.07) is 16.6. The van der Waals surface area contributed by atoms with E-state index in [1.807, 2.05) is 30.3 Å². The Balaban J connectivity index is 1.75. The van der Waals surface area contributed by atoms with Gasteiger partial charge in [0.05, 0.1) is 0 Å². The molecule has 0 spiro atoms. The Labute approximate surface area is 199 Å². The molecule has 0 aliphatic heterocycles. The minimum atomic E-state index is -5.77. The van der Waals surface area contributed by atoms with Gasteiger partial charge in [-0.2, -0.15) is 13.2 Å². The second-order valence-corrected chi connectivity index (χ2v) is 10.4. The number of alkyl halides is 5. The first kappa shape index (κ1) is 25.3. The third kappa shape index (κ3) is 5.11. The van der Waals surface area contributed by atoms with Gasteiger partial charge in [-0.05, 0) is 0 Å². The number of hydrogen-bond donors (Lipinski definition) is 3. The SMILES string of the molecule is Bc1cc(Cn2cc(Cc3ccccc3)c3cc(C(F)(F)F)ccc32)ccc1C(F)(F)[PH](O)(O)O. The topological polar surface area (TPSA) is 65.6 Å². The van der Waals surface area contributed by atoms with Gasteiger partial charge in [0, 0.05) is 0 Å². The van der Waals surface area contributed by atoms with Crippen LogP contribution in [0.5, 0.6) is 0 Å². The van der Waals surface area contributed by atoms with Gasteiger partial charge in [-0.3, -0.25) is 0 Å². The third-order valence-electron chi connectivity index (χ3n) is 5.93. The van der Waals surface area contributed by atoms with Crippen molar-refractivity contribution in [1.82, 2.24) is 4.57 Å². The van der Waals surface area contributed by atoms with Gasteiger partial charge < -0.3 is 0 Å². The van der Waals surface area contributed by atoms with E-state index in [2.05, 4.69) is 0 Å². The Hall–Kier alpha value is -2.78. The summed E-state index contributed by atoms with van der Waals surface area (Å²) in [5.74, 6) is 0. The number of halogens is 5. The van der Waals surface area contributed by atoms with Crippen molar-refractivity contribution in [2.24, 2.45) is 0 Å². The Kier molecular flexibility index (Phi) is 6.53. The molecule has 0 atom stereocenters. The van der Waals surface area contributed by atoms with Gasteiger partial charge in [0.1, 0.15) is 0 Å². The molecule has 0 unspecified atom stereocenters. The molecule has 3 aromatic carbocycles. The Bertz CT molecular complexity index is 1370. The average molecular weight is 509 g/mol. The van der Waals surface area contributed by atoms with Crippen molar-refractivity contribution in [2.75, 3.05) is 0 Å². The Morgan fingerprint density at radius 2 is 1.51 bits per heavy atom. The van der Waals surface area contributed by atoms with E-state index < -0.39 is 30.9 Å². The molecule has 184 valence electrons. The molecule has 0 saturated carbocycles. The summed E-state index contributed by atoms with van der Waals surface area (Å²) in [5, 5.41) is 0.445. The zero-order valence-corrected chi connectivity index (χ0v) is 19.5. The van der Waals surface area contributed by atoms with E-state index in [9.17, 15) is 22.0 Å². The first-order valence-electron chi connectivity index (χ1n) is 10.6. The van der Waals surface area contributed by atoms with Gasteiger partial charge in [-0.1, -0.05) is 18.2 Å². The van der Waals surface area contributed by atoms with Crippen molar-refractivity contribution in [3.8, 4) is 0 Å². The molecule has 1 heterocycles. The first-order valence-corrected chi connectivity index (χ1v) is 12.5. The van der Waals surface area contributed by atoms with Gasteiger partial charge >= 0.3 is 168 Å². The molecule has 4 rings (SSSR count). The molecule has 0 radical (unpaired) electrons. The predicted octanol–water partition coefficient (Wildman–Crippen LogP) is 4.08. The molecule has 0 aliphatic rings. The van der Waals surface area contributed by atoms with Crippen molar-refractivity contribution in [1.29, 1.82) is 0 Å². The standard InChI is InChI=1S/C24H22BF5NO3P/c25-21-11-16(6-8-20(21)24(29,30)35(32,33)34)13-31-14-17(10-15-4-2-1-3-5-15)19-12-18(23(26,27)28)7-9-22(19)31/h1-9,11-12,14,32-35H,10,13,25H2. The van der Waals surface area contributed by atoms with Crippen LogP contribution in [-0.4, -0.2) is 27.1 Å². The molecule has 0 saturated heterocycles. The molecular weight excluding hydrogens is 487 g/mol. The summed E-state index contributed by atoms with van der Waals surface area (Å²) in [6.07, 6.45) is -2.34. The molecule has 1 aromatic heterocycles. The third-order valence-corrected chi connectivity index (χ3v) is 7.04. The fraction of sp³-hybridized carbons (Fsp3) is 0.167. The van der Waals surface area contributed by atoms with E-state index in [4.69, 9.17) is 14.7 Å². The van der Waals surface area contributed by atoms with Crippen LogP contribution < -0.4 is 5.46 Å². The molecule has 0 bridgehead atoms. The molecule has 0 aliphatic carbocycles. The van der Waals surface area contributed by atoms with Crippen molar-refractivity contribution in [3.63, 3.8) is 0 Å². The van der Waals surface area contributed by atoms with Crippen molar-refractivity contribution >= 4 is 32.2 Å². The molecule has 35 heavy (non-hydrogen) atoms. The molecule has 11 heteroatoms. The molecule has 0 fully saturated rings. The van der Waals surface area contributed by atoms with Crippen LogP contribution >= 0.6 is 7.94 Å². The van der Waals surface area contributed by atoms with Gasteiger partial charge in [0.2, 0.25) is 0 Å². The number of nitrogens with zero attached hydrogens (tertiary/aromatic N) is 1. The predicted molar refractivity (Wildman–Crippen MR) is 129 cm³/mol. The maximum absolute atomic E-state index is 14.2. The minimum absolute atomic E-state index is 0.0434. The van der Waals surface area contributed by atoms with Gasteiger partial charge in [-0.15, -0.1) is 0 Å². The number of hydrogen-bond acceptors (Lipinski definition) is 3. The van der Waals surface area contributed by atoms with Crippen molar-refractivity contribution < 1.29 is 36.6 Å². The Morgan fingerprint density at radius 1 is 0.829 bits per heavy atom. The fourth-order valence-corrected chi connectivity index (χ4v) is 4.83. The van der Waals surface area contributed by atoms with Crippen LogP contribution in [-0.2, 0) is 24.8 Å². The normalized spacial score (nSPS) is 13.4. The number of aromatic nitrogens is 1. The van der Waals surface area contributed by atoms with Crippen LogP contribution in [0.25, 0.3) is 10.9 Å². The second-order valence-electron chi connectivity index (χ2n) is 8.53. The number of fused-ring (bicyclic) bond motifs is 1. The molecule has 0 amide bonds. The fourth-order valence-electron chi connectivity index (χ4n) is 4.19. The van der Waals surface area contributed by atoms with Crippen molar-refractivity contribution in [2.45, 2.75) is 24.8 Å². The van der Waals surface area contributed by atoms with E-state index in [1.165, 1.54) is 26.0 Å². The Morgan fingerprint density at radius 3 is 2.11 bits per heavy atom. The quantitative estimate of drug-likeness (QED) is 0.209. The average Bonchev–Trinajstić information content (AvgIpc) is 3.09. The van der Waals surface area contributed by atoms with E-state index in [0.29, 0.717) is 28.5 Å². The first-order chi connectivity index (χ1) is 16.3. The second kappa shape index (κ2) is 9.02. The van der Waals surface area contributed by atoms with Crippen LogP contribution in [0.4, 0.5) is 22.0 Å². The zero-order chi connectivity index (χ0) is 25.6. The number of rotatable bonds is 6.